The molecule has 0 fully saturated rings. The van der Waals surface area contributed by atoms with Crippen LogP contribution in [0.25, 0.3) is 0 Å². The quantitative estimate of drug-likeness (QED) is 0.565. The molecule has 0 heterocycles. The Balaban J connectivity index is 2.05. The van der Waals surface area contributed by atoms with Crippen molar-refractivity contribution < 1.29 is 32.7 Å². The molecule has 27 heavy (non-hydrogen) atoms. The second-order valence-corrected chi connectivity index (χ2v) is 5.69. The maximum atomic E-state index is 12.9. The van der Waals surface area contributed by atoms with Gasteiger partial charge in [0.15, 0.2) is 6.10 Å². The molecule has 0 saturated heterocycles. The van der Waals surface area contributed by atoms with Crippen LogP contribution in [0.15, 0.2) is 42.5 Å². The number of nitro groups is 1. The van der Waals surface area contributed by atoms with Crippen LogP contribution in [0.3, 0.4) is 0 Å². The normalized spacial score (nSPS) is 12.3. The van der Waals surface area contributed by atoms with Crippen molar-refractivity contribution in [2.75, 3.05) is 11.9 Å². The van der Waals surface area contributed by atoms with Crippen molar-refractivity contribution >= 4 is 28.9 Å². The standard InChI is InChI=1S/C16H12ClF3N2O5/c17-9-1-4-11(5-2-9)27-8-14(23)15(24)21-10-3-6-13(22(25)26)12(7-10)16(18,19)20/h1-7,14,23H,8H2,(H,21,24)/t14-/m0/s1. The lowest BCUT2D eigenvalue weighted by Gasteiger charge is -2.14. The van der Waals surface area contributed by atoms with Gasteiger partial charge in [0, 0.05) is 16.8 Å². The Kier molecular flexibility index (Phi) is 6.24. The molecule has 1 amide bonds. The highest BCUT2D eigenvalue weighted by molar-refractivity contribution is 6.30. The van der Waals surface area contributed by atoms with Gasteiger partial charge in [-0.25, -0.2) is 0 Å². The zero-order chi connectivity index (χ0) is 20.2. The number of rotatable bonds is 6. The van der Waals surface area contributed by atoms with Gasteiger partial charge in [0.2, 0.25) is 0 Å². The molecule has 2 rings (SSSR count). The minimum absolute atomic E-state index is 0.320. The van der Waals surface area contributed by atoms with Crippen LogP contribution >= 0.6 is 11.6 Å². The van der Waals surface area contributed by atoms with Crippen molar-refractivity contribution in [3.63, 3.8) is 0 Å². The smallest absolute Gasteiger partial charge is 0.423 e. The molecule has 2 aromatic carbocycles. The van der Waals surface area contributed by atoms with Crippen LogP contribution in [-0.2, 0) is 11.0 Å². The van der Waals surface area contributed by atoms with Gasteiger partial charge in [0.25, 0.3) is 11.6 Å². The minimum Gasteiger partial charge on any atom is -0.490 e. The number of amides is 1. The number of nitrogens with zero attached hydrogens (tertiary/aromatic N) is 1. The van der Waals surface area contributed by atoms with E-state index in [-0.39, 0.29) is 5.69 Å². The largest absolute Gasteiger partial charge is 0.490 e. The molecule has 0 spiro atoms. The van der Waals surface area contributed by atoms with E-state index in [4.69, 9.17) is 16.3 Å². The molecule has 0 aromatic heterocycles. The highest BCUT2D eigenvalue weighted by Gasteiger charge is 2.38. The number of aliphatic hydroxyl groups is 1. The summed E-state index contributed by atoms with van der Waals surface area (Å²) in [6.07, 6.45) is -6.68. The zero-order valence-corrected chi connectivity index (χ0v) is 14.1. The highest BCUT2D eigenvalue weighted by atomic mass is 35.5. The Morgan fingerprint density at radius 2 is 1.89 bits per heavy atom. The van der Waals surface area contributed by atoms with E-state index in [0.717, 1.165) is 6.07 Å². The fraction of sp³-hybridized carbons (Fsp3) is 0.188. The van der Waals surface area contributed by atoms with Crippen LogP contribution < -0.4 is 10.1 Å². The van der Waals surface area contributed by atoms with Gasteiger partial charge in [-0.05, 0) is 36.4 Å². The number of alkyl halides is 3. The third-order valence-electron chi connectivity index (χ3n) is 3.29. The number of carbonyl (C=O) groups excluding carboxylic acids is 1. The lowest BCUT2D eigenvalue weighted by atomic mass is 10.1. The van der Waals surface area contributed by atoms with Gasteiger partial charge in [-0.1, -0.05) is 11.6 Å². The second-order valence-electron chi connectivity index (χ2n) is 5.26. The van der Waals surface area contributed by atoms with Gasteiger partial charge in [0.05, 0.1) is 4.92 Å². The van der Waals surface area contributed by atoms with Crippen molar-refractivity contribution in [3.05, 3.63) is 63.2 Å². The molecule has 2 aromatic rings. The number of carbonyl (C=O) groups is 1. The lowest BCUT2D eigenvalue weighted by molar-refractivity contribution is -0.388. The Morgan fingerprint density at radius 3 is 2.44 bits per heavy atom. The van der Waals surface area contributed by atoms with Crippen molar-refractivity contribution in [2.45, 2.75) is 12.3 Å². The summed E-state index contributed by atoms with van der Waals surface area (Å²) >= 11 is 5.70. The van der Waals surface area contributed by atoms with Crippen molar-refractivity contribution in [1.29, 1.82) is 0 Å². The fourth-order valence-electron chi connectivity index (χ4n) is 2.01. The lowest BCUT2D eigenvalue weighted by Crippen LogP contribution is -2.33. The highest BCUT2D eigenvalue weighted by Crippen LogP contribution is 2.37. The van der Waals surface area contributed by atoms with Crippen LogP contribution in [0, 0.1) is 10.1 Å². The Hall–Kier alpha value is -2.85. The zero-order valence-electron chi connectivity index (χ0n) is 13.4. The SMILES string of the molecule is O=C(Nc1ccc([N+](=O)[O-])c(C(F)(F)F)c1)[C@@H](O)COc1ccc(Cl)cc1. The van der Waals surface area contributed by atoms with Crippen LogP contribution in [-0.4, -0.2) is 28.6 Å². The van der Waals surface area contributed by atoms with Crippen LogP contribution in [0.4, 0.5) is 24.5 Å². The topological polar surface area (TPSA) is 102 Å². The number of halogens is 4. The van der Waals surface area contributed by atoms with Gasteiger partial charge in [-0.2, -0.15) is 13.2 Å². The molecule has 0 aliphatic carbocycles. The molecule has 1 atom stereocenters. The summed E-state index contributed by atoms with van der Waals surface area (Å²) in [6, 6.07) is 8.02. The first-order valence-electron chi connectivity index (χ1n) is 7.31. The van der Waals surface area contributed by atoms with Gasteiger partial charge in [0.1, 0.15) is 17.9 Å². The summed E-state index contributed by atoms with van der Waals surface area (Å²) in [6.45, 7) is -0.466. The van der Waals surface area contributed by atoms with E-state index in [1.54, 1.807) is 0 Å². The number of nitrogens with one attached hydrogen (secondary N) is 1. The third kappa shape index (κ3) is 5.56. The van der Waals surface area contributed by atoms with E-state index < -0.39 is 41.0 Å². The number of anilines is 1. The van der Waals surface area contributed by atoms with Crippen molar-refractivity contribution in [3.8, 4) is 5.75 Å². The molecule has 144 valence electrons. The maximum Gasteiger partial charge on any atom is 0.423 e. The fourth-order valence-corrected chi connectivity index (χ4v) is 2.13. The predicted molar refractivity (Wildman–Crippen MR) is 89.7 cm³/mol. The first-order valence-corrected chi connectivity index (χ1v) is 7.68. The van der Waals surface area contributed by atoms with E-state index in [2.05, 4.69) is 5.32 Å². The van der Waals surface area contributed by atoms with E-state index >= 15 is 0 Å². The Morgan fingerprint density at radius 1 is 1.26 bits per heavy atom. The van der Waals surface area contributed by atoms with Gasteiger partial charge in [-0.3, -0.25) is 14.9 Å². The second kappa shape index (κ2) is 8.23. The van der Waals surface area contributed by atoms with E-state index in [9.17, 15) is 33.2 Å². The average Bonchev–Trinajstić information content (AvgIpc) is 2.60. The summed E-state index contributed by atoms with van der Waals surface area (Å²) < 4.78 is 43.9. The summed E-state index contributed by atoms with van der Waals surface area (Å²) in [5.41, 5.74) is -3.02. The van der Waals surface area contributed by atoms with Gasteiger partial charge < -0.3 is 15.2 Å². The first kappa shape index (κ1) is 20.5. The molecule has 7 nitrogen and oxygen atoms in total. The molecule has 0 saturated carbocycles. The summed E-state index contributed by atoms with van der Waals surface area (Å²) in [7, 11) is 0. The molecule has 0 radical (unpaired) electrons. The summed E-state index contributed by atoms with van der Waals surface area (Å²) in [5.74, 6) is -0.716. The van der Waals surface area contributed by atoms with Crippen LogP contribution in [0.5, 0.6) is 5.75 Å². The predicted octanol–water partition coefficient (Wildman–Crippen LogP) is 3.65. The molecule has 0 aliphatic rings. The molecule has 11 heteroatoms. The molecular weight excluding hydrogens is 393 g/mol. The monoisotopic (exact) mass is 404 g/mol. The number of hydrogen-bond acceptors (Lipinski definition) is 5. The number of ether oxygens (including phenoxy) is 1. The molecule has 0 unspecified atom stereocenters. The third-order valence-corrected chi connectivity index (χ3v) is 3.54. The van der Waals surface area contributed by atoms with Crippen molar-refractivity contribution in [2.24, 2.45) is 0 Å². The summed E-state index contributed by atoms with van der Waals surface area (Å²) in [4.78, 5) is 21.4. The van der Waals surface area contributed by atoms with E-state index in [1.807, 2.05) is 0 Å². The van der Waals surface area contributed by atoms with E-state index in [0.29, 0.717) is 22.9 Å². The van der Waals surface area contributed by atoms with Gasteiger partial charge in [-0.15, -0.1) is 0 Å². The van der Waals surface area contributed by atoms with Crippen LogP contribution in [0.1, 0.15) is 5.56 Å². The van der Waals surface area contributed by atoms with E-state index in [1.165, 1.54) is 24.3 Å². The molecule has 0 bridgehead atoms. The molecule has 0 aliphatic heterocycles. The Labute approximate surface area is 155 Å². The first-order chi connectivity index (χ1) is 12.6. The minimum atomic E-state index is -4.99. The number of nitro benzene ring substituents is 1. The molecular formula is C16H12ClF3N2O5. The van der Waals surface area contributed by atoms with Crippen LogP contribution in [0.2, 0.25) is 5.02 Å². The number of benzene rings is 2. The van der Waals surface area contributed by atoms with Crippen molar-refractivity contribution in [1.82, 2.24) is 0 Å². The average molecular weight is 405 g/mol. The number of aliphatic hydroxyl groups excluding tert-OH is 1. The maximum absolute atomic E-state index is 12.9. The summed E-state index contributed by atoms with van der Waals surface area (Å²) in [5, 5.41) is 23.0. The van der Waals surface area contributed by atoms with Gasteiger partial charge >= 0.3 is 6.18 Å². The number of hydrogen-bond donors (Lipinski definition) is 2. The Bertz CT molecular complexity index is 843. The molecule has 2 N–H and O–H groups in total.